The van der Waals surface area contributed by atoms with Crippen molar-refractivity contribution in [1.29, 1.82) is 0 Å². The zero-order valence-corrected chi connectivity index (χ0v) is 14.6. The number of benzene rings is 2. The van der Waals surface area contributed by atoms with E-state index in [4.69, 9.17) is 4.74 Å². The van der Waals surface area contributed by atoms with Crippen LogP contribution < -0.4 is 4.72 Å². The largest absolute Gasteiger partial charge is 0.416 e. The molecule has 2 aromatic rings. The molecule has 1 atom stereocenters. The lowest BCUT2D eigenvalue weighted by Gasteiger charge is -2.12. The fourth-order valence-corrected chi connectivity index (χ4v) is 3.86. The molecule has 0 radical (unpaired) electrons. The van der Waals surface area contributed by atoms with Gasteiger partial charge in [-0.1, -0.05) is 24.3 Å². The van der Waals surface area contributed by atoms with Crippen molar-refractivity contribution in [3.63, 3.8) is 0 Å². The molecular formula is C18H18F3NO3S. The summed E-state index contributed by atoms with van der Waals surface area (Å²) in [4.78, 5) is 0.0613. The van der Waals surface area contributed by atoms with Gasteiger partial charge in [0, 0.05) is 13.2 Å². The summed E-state index contributed by atoms with van der Waals surface area (Å²) in [7, 11) is -3.69. The molecule has 1 aliphatic rings. The predicted octanol–water partition coefficient (Wildman–Crippen LogP) is 3.83. The third kappa shape index (κ3) is 4.44. The summed E-state index contributed by atoms with van der Waals surface area (Å²) in [6, 6.07) is 10.7. The monoisotopic (exact) mass is 385 g/mol. The van der Waals surface area contributed by atoms with E-state index in [-0.39, 0.29) is 17.5 Å². The Balaban J connectivity index is 1.75. The van der Waals surface area contributed by atoms with E-state index in [9.17, 15) is 21.6 Å². The molecule has 0 amide bonds. The molecule has 1 unspecified atom stereocenters. The van der Waals surface area contributed by atoms with E-state index in [0.29, 0.717) is 17.7 Å². The highest BCUT2D eigenvalue weighted by atomic mass is 32.2. The van der Waals surface area contributed by atoms with Gasteiger partial charge in [-0.25, -0.2) is 13.1 Å². The van der Waals surface area contributed by atoms with Gasteiger partial charge in [0.05, 0.1) is 16.6 Å². The molecule has 0 aliphatic carbocycles. The first-order chi connectivity index (χ1) is 12.3. The summed E-state index contributed by atoms with van der Waals surface area (Å²) < 4.78 is 71.0. The van der Waals surface area contributed by atoms with Gasteiger partial charge in [0.25, 0.3) is 0 Å². The van der Waals surface area contributed by atoms with Crippen LogP contribution in [0, 0.1) is 0 Å². The van der Waals surface area contributed by atoms with Crippen LogP contribution in [0.25, 0.3) is 11.1 Å². The fraction of sp³-hybridized carbons (Fsp3) is 0.333. The molecule has 3 rings (SSSR count). The van der Waals surface area contributed by atoms with E-state index < -0.39 is 21.8 Å². The third-order valence-corrected chi connectivity index (χ3v) is 5.65. The lowest BCUT2D eigenvalue weighted by Crippen LogP contribution is -2.31. The van der Waals surface area contributed by atoms with Gasteiger partial charge >= 0.3 is 6.18 Å². The lowest BCUT2D eigenvalue weighted by molar-refractivity contribution is -0.137. The quantitative estimate of drug-likeness (QED) is 0.851. The zero-order valence-electron chi connectivity index (χ0n) is 13.8. The maximum atomic E-state index is 12.8. The average Bonchev–Trinajstić information content (AvgIpc) is 3.13. The molecule has 26 heavy (non-hydrogen) atoms. The molecule has 4 nitrogen and oxygen atoms in total. The van der Waals surface area contributed by atoms with Crippen molar-refractivity contribution in [2.75, 3.05) is 13.2 Å². The van der Waals surface area contributed by atoms with Gasteiger partial charge in [0.2, 0.25) is 10.0 Å². The van der Waals surface area contributed by atoms with Crippen molar-refractivity contribution in [2.45, 2.75) is 30.0 Å². The Labute approximate surface area is 150 Å². The molecule has 140 valence electrons. The van der Waals surface area contributed by atoms with Crippen LogP contribution >= 0.6 is 0 Å². The van der Waals surface area contributed by atoms with Crippen LogP contribution in [0.1, 0.15) is 18.4 Å². The Morgan fingerprint density at radius 3 is 2.42 bits per heavy atom. The molecule has 0 saturated carbocycles. The van der Waals surface area contributed by atoms with Crippen LogP contribution in [-0.2, 0) is 20.9 Å². The number of sulfonamides is 1. The van der Waals surface area contributed by atoms with Crippen molar-refractivity contribution in [2.24, 2.45) is 0 Å². The smallest absolute Gasteiger partial charge is 0.377 e. The number of hydrogen-bond acceptors (Lipinski definition) is 3. The Hall–Kier alpha value is -1.90. The van der Waals surface area contributed by atoms with Gasteiger partial charge in [-0.2, -0.15) is 13.2 Å². The second-order valence-corrected chi connectivity index (χ2v) is 7.86. The molecule has 0 spiro atoms. The molecule has 1 heterocycles. The Kier molecular flexibility index (Phi) is 5.36. The van der Waals surface area contributed by atoms with Crippen LogP contribution in [-0.4, -0.2) is 27.7 Å². The van der Waals surface area contributed by atoms with Gasteiger partial charge in [-0.3, -0.25) is 0 Å². The van der Waals surface area contributed by atoms with E-state index in [0.717, 1.165) is 25.0 Å². The second-order valence-electron chi connectivity index (χ2n) is 6.09. The fourth-order valence-electron chi connectivity index (χ4n) is 2.79. The summed E-state index contributed by atoms with van der Waals surface area (Å²) in [5.74, 6) is 0. The summed E-state index contributed by atoms with van der Waals surface area (Å²) in [6.07, 6.45) is -2.81. The standard InChI is InChI=1S/C18H18F3NO3S/c19-18(20,21)15-4-1-3-14(11-15)13-6-8-17(9-7-13)26(23,24)22-12-16-5-2-10-25-16/h1,3-4,6-9,11,16,22H,2,5,10,12H2. The van der Waals surface area contributed by atoms with Gasteiger partial charge in [0.15, 0.2) is 0 Å². The second kappa shape index (κ2) is 7.38. The molecule has 1 aliphatic heterocycles. The highest BCUT2D eigenvalue weighted by molar-refractivity contribution is 7.89. The molecule has 8 heteroatoms. The van der Waals surface area contributed by atoms with Gasteiger partial charge in [-0.05, 0) is 48.2 Å². The Morgan fingerprint density at radius 2 is 1.81 bits per heavy atom. The Bertz CT molecular complexity index is 858. The summed E-state index contributed by atoms with van der Waals surface area (Å²) >= 11 is 0. The van der Waals surface area contributed by atoms with E-state index in [2.05, 4.69) is 4.72 Å². The predicted molar refractivity (Wildman–Crippen MR) is 91.0 cm³/mol. The minimum absolute atomic E-state index is 0.0613. The van der Waals surface area contributed by atoms with Crippen molar-refractivity contribution in [3.05, 3.63) is 54.1 Å². The first-order valence-corrected chi connectivity index (χ1v) is 9.63. The molecule has 0 bridgehead atoms. The molecule has 1 N–H and O–H groups in total. The highest BCUT2D eigenvalue weighted by Gasteiger charge is 2.30. The number of hydrogen-bond donors (Lipinski definition) is 1. The number of nitrogens with one attached hydrogen (secondary N) is 1. The van der Waals surface area contributed by atoms with Crippen LogP contribution in [0.15, 0.2) is 53.4 Å². The van der Waals surface area contributed by atoms with Gasteiger partial charge < -0.3 is 4.74 Å². The first-order valence-electron chi connectivity index (χ1n) is 8.15. The van der Waals surface area contributed by atoms with Gasteiger partial charge in [0.1, 0.15) is 0 Å². The normalized spacial score (nSPS) is 18.2. The van der Waals surface area contributed by atoms with Crippen molar-refractivity contribution >= 4 is 10.0 Å². The summed E-state index contributed by atoms with van der Waals surface area (Å²) in [5.41, 5.74) is 0.134. The van der Waals surface area contributed by atoms with Crippen molar-refractivity contribution in [1.82, 2.24) is 4.72 Å². The highest BCUT2D eigenvalue weighted by Crippen LogP contribution is 2.32. The summed E-state index contributed by atoms with van der Waals surface area (Å²) in [5, 5.41) is 0. The lowest BCUT2D eigenvalue weighted by atomic mass is 10.0. The zero-order chi connectivity index (χ0) is 18.8. The number of alkyl halides is 3. The van der Waals surface area contributed by atoms with E-state index in [1.54, 1.807) is 6.07 Å². The molecule has 2 aromatic carbocycles. The molecule has 1 saturated heterocycles. The van der Waals surface area contributed by atoms with Crippen molar-refractivity contribution in [3.8, 4) is 11.1 Å². The average molecular weight is 385 g/mol. The molecule has 1 fully saturated rings. The summed E-state index contributed by atoms with van der Waals surface area (Å²) in [6.45, 7) is 0.843. The maximum Gasteiger partial charge on any atom is 0.416 e. The van der Waals surface area contributed by atoms with Crippen LogP contribution in [0.2, 0.25) is 0 Å². The maximum absolute atomic E-state index is 12.8. The number of rotatable bonds is 5. The van der Waals surface area contributed by atoms with Gasteiger partial charge in [-0.15, -0.1) is 0 Å². The van der Waals surface area contributed by atoms with Crippen molar-refractivity contribution < 1.29 is 26.3 Å². The first kappa shape index (κ1) is 18.9. The van der Waals surface area contributed by atoms with E-state index in [1.165, 1.54) is 30.3 Å². The topological polar surface area (TPSA) is 55.4 Å². The number of ether oxygens (including phenoxy) is 1. The minimum atomic E-state index is -4.43. The minimum Gasteiger partial charge on any atom is -0.377 e. The number of halogens is 3. The third-order valence-electron chi connectivity index (χ3n) is 4.21. The molecular weight excluding hydrogens is 367 g/mol. The molecule has 0 aromatic heterocycles. The van der Waals surface area contributed by atoms with Crippen LogP contribution in [0.4, 0.5) is 13.2 Å². The van der Waals surface area contributed by atoms with Crippen LogP contribution in [0.5, 0.6) is 0 Å². The SMILES string of the molecule is O=S(=O)(NCC1CCCO1)c1ccc(-c2cccc(C(F)(F)F)c2)cc1. The van der Waals surface area contributed by atoms with Crippen LogP contribution in [0.3, 0.4) is 0 Å². The van der Waals surface area contributed by atoms with E-state index >= 15 is 0 Å². The van der Waals surface area contributed by atoms with E-state index in [1.807, 2.05) is 0 Å². The Morgan fingerprint density at radius 1 is 1.08 bits per heavy atom.